The molecule has 2 aromatic carbocycles. The number of phenolic OH excluding ortho intramolecular Hbond substituents is 1. The molecule has 4 rings (SSSR count). The molecule has 0 atom stereocenters. The Kier molecular flexibility index (Phi) is 2.89. The van der Waals surface area contributed by atoms with Crippen molar-refractivity contribution in [2.45, 2.75) is 0 Å². The smallest absolute Gasteiger partial charge is 0.504 e. The van der Waals surface area contributed by atoms with E-state index < -0.39 is 11.9 Å². The molecule has 0 radical (unpaired) electrons. The first-order valence-corrected chi connectivity index (χ1v) is 6.93. The highest BCUT2D eigenvalue weighted by Gasteiger charge is 2.20. The van der Waals surface area contributed by atoms with Crippen molar-refractivity contribution in [3.8, 4) is 23.0 Å². The second-order valence-electron chi connectivity index (χ2n) is 5.11. The van der Waals surface area contributed by atoms with Crippen LogP contribution in [0.5, 0.6) is 11.5 Å². The van der Waals surface area contributed by atoms with Crippen molar-refractivity contribution in [3.63, 3.8) is 0 Å². The molecule has 7 heteroatoms. The minimum Gasteiger partial charge on any atom is -0.504 e. The number of benzene rings is 3. The number of aromatic nitrogens is 1. The van der Waals surface area contributed by atoms with Gasteiger partial charge in [0.2, 0.25) is 5.75 Å². The van der Waals surface area contributed by atoms with Gasteiger partial charge in [-0.1, -0.05) is 24.3 Å². The van der Waals surface area contributed by atoms with E-state index in [2.05, 4.69) is 9.72 Å². The third kappa shape index (κ3) is 2.03. The predicted octanol–water partition coefficient (Wildman–Crippen LogP) is 3.21. The molecular formula is C17H9NO6. The molecule has 0 unspecified atom stereocenters. The normalized spacial score (nSPS) is 11.2. The fraction of sp³-hybridized carbons (Fsp3) is 0. The second-order valence-corrected chi connectivity index (χ2v) is 5.11. The van der Waals surface area contributed by atoms with Crippen LogP contribution in [0, 0.1) is 0 Å². The molecule has 2 aliphatic rings. The van der Waals surface area contributed by atoms with Gasteiger partial charge in [-0.05, 0) is 12.1 Å². The van der Waals surface area contributed by atoms with E-state index in [0.717, 1.165) is 0 Å². The highest BCUT2D eigenvalue weighted by Crippen LogP contribution is 2.38. The van der Waals surface area contributed by atoms with E-state index in [9.17, 15) is 14.7 Å². The number of hydrogen-bond acceptors (Lipinski definition) is 6. The number of aromatic hydroxyl groups is 1. The molecular weight excluding hydrogens is 314 g/mol. The van der Waals surface area contributed by atoms with E-state index in [-0.39, 0.29) is 22.5 Å². The Morgan fingerprint density at radius 2 is 1.88 bits per heavy atom. The van der Waals surface area contributed by atoms with Gasteiger partial charge in [-0.15, -0.1) is 0 Å². The van der Waals surface area contributed by atoms with Crippen molar-refractivity contribution >= 4 is 28.0 Å². The van der Waals surface area contributed by atoms with Crippen LogP contribution >= 0.6 is 0 Å². The summed E-state index contributed by atoms with van der Waals surface area (Å²) in [4.78, 5) is 27.4. The van der Waals surface area contributed by atoms with Crippen molar-refractivity contribution in [1.82, 2.24) is 4.98 Å². The number of hydrogen-bond donors (Lipinski definition) is 2. The molecule has 0 saturated heterocycles. The number of carboxylic acid groups (broad SMARTS) is 1. The molecule has 118 valence electrons. The molecule has 7 nitrogen and oxygen atoms in total. The maximum atomic E-state index is 12.2. The van der Waals surface area contributed by atoms with Crippen LogP contribution in [-0.2, 0) is 0 Å². The van der Waals surface area contributed by atoms with Crippen molar-refractivity contribution < 1.29 is 24.2 Å². The maximum absolute atomic E-state index is 12.2. The fourth-order valence-corrected chi connectivity index (χ4v) is 2.64. The Labute approximate surface area is 133 Å². The van der Waals surface area contributed by atoms with Crippen molar-refractivity contribution in [1.29, 1.82) is 0 Å². The van der Waals surface area contributed by atoms with Crippen LogP contribution in [0.25, 0.3) is 33.3 Å². The second kappa shape index (κ2) is 4.95. The molecule has 0 spiro atoms. The van der Waals surface area contributed by atoms with Gasteiger partial charge in [-0.3, -0.25) is 4.79 Å². The van der Waals surface area contributed by atoms with E-state index >= 15 is 0 Å². The molecule has 1 heterocycles. The largest absolute Gasteiger partial charge is 0.511 e. The van der Waals surface area contributed by atoms with E-state index in [1.807, 2.05) is 0 Å². The summed E-state index contributed by atoms with van der Waals surface area (Å²) < 4.78 is 10.2. The first-order valence-electron chi connectivity index (χ1n) is 6.93. The first-order chi connectivity index (χ1) is 11.5. The third-order valence-electron chi connectivity index (χ3n) is 3.65. The number of carbonyl (C=O) groups is 1. The van der Waals surface area contributed by atoms with E-state index in [1.54, 1.807) is 24.3 Å². The lowest BCUT2D eigenvalue weighted by atomic mass is 10.0. The minimum atomic E-state index is -1.60. The van der Waals surface area contributed by atoms with Gasteiger partial charge in [0.05, 0.1) is 0 Å². The van der Waals surface area contributed by atoms with Gasteiger partial charge >= 0.3 is 6.16 Å². The molecule has 0 amide bonds. The topological polar surface area (TPSA) is 110 Å². The van der Waals surface area contributed by atoms with Crippen molar-refractivity contribution in [3.05, 3.63) is 52.7 Å². The van der Waals surface area contributed by atoms with Gasteiger partial charge in [0, 0.05) is 16.8 Å². The summed E-state index contributed by atoms with van der Waals surface area (Å²) in [5, 5.41) is 19.8. The van der Waals surface area contributed by atoms with Crippen LogP contribution in [0.1, 0.15) is 0 Å². The fourth-order valence-electron chi connectivity index (χ4n) is 2.64. The SMILES string of the molecule is O=C(O)Oc1c(O)ccc2nc3c4ccccc4c(=O)cc-3oc12. The number of rotatable bonds is 1. The van der Waals surface area contributed by atoms with E-state index in [1.165, 1.54) is 18.2 Å². The highest BCUT2D eigenvalue weighted by molar-refractivity contribution is 5.97. The van der Waals surface area contributed by atoms with Gasteiger partial charge in [-0.2, -0.15) is 0 Å². The highest BCUT2D eigenvalue weighted by atomic mass is 16.7. The maximum Gasteiger partial charge on any atom is 0.511 e. The molecule has 0 bridgehead atoms. The van der Waals surface area contributed by atoms with Crippen molar-refractivity contribution in [2.75, 3.05) is 0 Å². The summed E-state index contributed by atoms with van der Waals surface area (Å²) >= 11 is 0. The van der Waals surface area contributed by atoms with Crippen LogP contribution in [0.3, 0.4) is 0 Å². The van der Waals surface area contributed by atoms with Crippen LogP contribution in [0.15, 0.2) is 51.7 Å². The average Bonchev–Trinajstić information content (AvgIpc) is 2.56. The number of nitrogens with zero attached hydrogens (tertiary/aromatic N) is 1. The number of ether oxygens (including phenoxy) is 1. The number of phenols is 1. The van der Waals surface area contributed by atoms with Crippen LogP contribution in [0.4, 0.5) is 4.79 Å². The quantitative estimate of drug-likeness (QED) is 0.239. The Balaban J connectivity index is 2.15. The summed E-state index contributed by atoms with van der Waals surface area (Å²) in [6.45, 7) is 0. The zero-order chi connectivity index (χ0) is 16.8. The van der Waals surface area contributed by atoms with Crippen LogP contribution in [0.2, 0.25) is 0 Å². The molecule has 24 heavy (non-hydrogen) atoms. The predicted molar refractivity (Wildman–Crippen MR) is 84.7 cm³/mol. The summed E-state index contributed by atoms with van der Waals surface area (Å²) in [6.07, 6.45) is -1.60. The molecule has 1 aliphatic carbocycles. The Morgan fingerprint density at radius 3 is 2.62 bits per heavy atom. The molecule has 1 aliphatic heterocycles. The lowest BCUT2D eigenvalue weighted by Crippen LogP contribution is -2.06. The third-order valence-corrected chi connectivity index (χ3v) is 3.65. The van der Waals surface area contributed by atoms with Crippen molar-refractivity contribution in [2.24, 2.45) is 0 Å². The lowest BCUT2D eigenvalue weighted by molar-refractivity contribution is 0.143. The van der Waals surface area contributed by atoms with Crippen LogP contribution < -0.4 is 10.2 Å². The van der Waals surface area contributed by atoms with Gasteiger partial charge in [0.25, 0.3) is 0 Å². The number of fused-ring (bicyclic) bond motifs is 4. The van der Waals surface area contributed by atoms with Gasteiger partial charge < -0.3 is 19.4 Å². The Hall–Kier alpha value is -3.61. The van der Waals surface area contributed by atoms with E-state index in [4.69, 9.17) is 9.52 Å². The zero-order valence-corrected chi connectivity index (χ0v) is 12.0. The van der Waals surface area contributed by atoms with Gasteiger partial charge in [-0.25, -0.2) is 9.78 Å². The van der Waals surface area contributed by atoms with Gasteiger partial charge in [0.15, 0.2) is 22.5 Å². The Morgan fingerprint density at radius 1 is 1.12 bits per heavy atom. The van der Waals surface area contributed by atoms with Crippen LogP contribution in [-0.4, -0.2) is 21.4 Å². The standard InChI is InChI=1S/C17H9NO6/c19-11-6-5-10-15(16(11)24-17(21)22)23-13-7-12(20)8-3-1-2-4-9(8)14(13)18-10/h1-7,19H,(H,21,22). The molecule has 0 fully saturated rings. The first kappa shape index (κ1) is 14.0. The summed E-state index contributed by atoms with van der Waals surface area (Å²) in [5.74, 6) is -0.597. The van der Waals surface area contributed by atoms with Gasteiger partial charge in [0.1, 0.15) is 11.2 Å². The molecule has 2 N–H and O–H groups in total. The summed E-state index contributed by atoms with van der Waals surface area (Å²) in [7, 11) is 0. The lowest BCUT2D eigenvalue weighted by Gasteiger charge is -2.11. The van der Waals surface area contributed by atoms with E-state index in [0.29, 0.717) is 22.0 Å². The summed E-state index contributed by atoms with van der Waals surface area (Å²) in [6, 6.07) is 11.0. The molecule has 0 aromatic heterocycles. The summed E-state index contributed by atoms with van der Waals surface area (Å²) in [5.41, 5.74) is 0.452. The molecule has 2 aromatic rings. The average molecular weight is 323 g/mol. The molecule has 0 saturated carbocycles. The monoisotopic (exact) mass is 323 g/mol. The zero-order valence-electron chi connectivity index (χ0n) is 12.0. The Bertz CT molecular complexity index is 1150. The minimum absolute atomic E-state index is 0.0559.